The Morgan fingerprint density at radius 2 is 2.29 bits per heavy atom. The van der Waals surface area contributed by atoms with E-state index in [1.807, 2.05) is 19.1 Å². The average molecular weight is 304 g/mol. The molecule has 1 atom stereocenters. The standard InChI is InChI=1S/C11H13IO2/c1-3-14-11-6-9(7-13)4-5-10(11)8(2)12/h4-8H,3H2,1-2H3. The van der Waals surface area contributed by atoms with Gasteiger partial charge in [-0.1, -0.05) is 34.7 Å². The fourth-order valence-corrected chi connectivity index (χ4v) is 1.75. The van der Waals surface area contributed by atoms with E-state index in [9.17, 15) is 4.79 Å². The molecule has 1 aromatic rings. The Hall–Kier alpha value is -0.580. The van der Waals surface area contributed by atoms with Crippen molar-refractivity contribution < 1.29 is 9.53 Å². The van der Waals surface area contributed by atoms with Crippen molar-refractivity contribution in [1.82, 2.24) is 0 Å². The van der Waals surface area contributed by atoms with Crippen LogP contribution in [0.15, 0.2) is 18.2 Å². The lowest BCUT2D eigenvalue weighted by atomic mass is 10.1. The van der Waals surface area contributed by atoms with Crippen LogP contribution >= 0.6 is 22.6 Å². The van der Waals surface area contributed by atoms with Gasteiger partial charge in [-0.15, -0.1) is 0 Å². The van der Waals surface area contributed by atoms with Crippen molar-refractivity contribution in [2.24, 2.45) is 0 Å². The molecule has 14 heavy (non-hydrogen) atoms. The van der Waals surface area contributed by atoms with Crippen molar-refractivity contribution >= 4 is 28.9 Å². The van der Waals surface area contributed by atoms with Gasteiger partial charge in [-0.05, 0) is 19.9 Å². The Morgan fingerprint density at radius 1 is 1.57 bits per heavy atom. The zero-order valence-corrected chi connectivity index (χ0v) is 10.4. The van der Waals surface area contributed by atoms with Crippen molar-refractivity contribution in [3.05, 3.63) is 29.3 Å². The lowest BCUT2D eigenvalue weighted by Gasteiger charge is -2.12. The molecular weight excluding hydrogens is 291 g/mol. The second-order valence-corrected chi connectivity index (χ2v) is 4.83. The normalized spacial score (nSPS) is 12.2. The van der Waals surface area contributed by atoms with E-state index in [1.54, 1.807) is 6.07 Å². The molecule has 0 aliphatic rings. The summed E-state index contributed by atoms with van der Waals surface area (Å²) in [6, 6.07) is 5.56. The summed E-state index contributed by atoms with van der Waals surface area (Å²) >= 11 is 2.33. The van der Waals surface area contributed by atoms with E-state index < -0.39 is 0 Å². The summed E-state index contributed by atoms with van der Waals surface area (Å²) in [6.07, 6.45) is 0.837. The quantitative estimate of drug-likeness (QED) is 0.484. The van der Waals surface area contributed by atoms with Crippen molar-refractivity contribution in [1.29, 1.82) is 0 Å². The molecule has 0 aliphatic carbocycles. The molecule has 2 nitrogen and oxygen atoms in total. The van der Waals surface area contributed by atoms with E-state index in [4.69, 9.17) is 4.74 Å². The van der Waals surface area contributed by atoms with Crippen molar-refractivity contribution in [3.63, 3.8) is 0 Å². The number of carbonyl (C=O) groups is 1. The van der Waals surface area contributed by atoms with E-state index in [2.05, 4.69) is 29.5 Å². The molecule has 1 aromatic carbocycles. The van der Waals surface area contributed by atoms with Crippen molar-refractivity contribution in [2.45, 2.75) is 17.8 Å². The molecule has 0 amide bonds. The fourth-order valence-electron chi connectivity index (χ4n) is 1.23. The molecule has 0 N–H and O–H groups in total. The first-order valence-corrected chi connectivity index (χ1v) is 5.79. The third-order valence-corrected chi connectivity index (χ3v) is 2.57. The Labute approximate surface area is 97.8 Å². The highest BCUT2D eigenvalue weighted by molar-refractivity contribution is 14.1. The third-order valence-electron chi connectivity index (χ3n) is 1.90. The number of carbonyl (C=O) groups excluding carboxylic acids is 1. The van der Waals surface area contributed by atoms with Gasteiger partial charge in [-0.25, -0.2) is 0 Å². The minimum Gasteiger partial charge on any atom is -0.494 e. The predicted octanol–water partition coefficient (Wildman–Crippen LogP) is 3.39. The summed E-state index contributed by atoms with van der Waals surface area (Å²) in [5, 5.41) is 0. The summed E-state index contributed by atoms with van der Waals surface area (Å²) < 4.78 is 5.86. The van der Waals surface area contributed by atoms with Gasteiger partial charge in [0.2, 0.25) is 0 Å². The summed E-state index contributed by atoms with van der Waals surface area (Å²) in [4.78, 5) is 10.6. The molecular formula is C11H13IO2. The Morgan fingerprint density at radius 3 is 2.79 bits per heavy atom. The summed E-state index contributed by atoms with van der Waals surface area (Å²) in [5.74, 6) is 0.819. The number of hydrogen-bond donors (Lipinski definition) is 0. The highest BCUT2D eigenvalue weighted by atomic mass is 127. The third kappa shape index (κ3) is 2.70. The maximum Gasteiger partial charge on any atom is 0.150 e. The van der Waals surface area contributed by atoms with Gasteiger partial charge in [0.25, 0.3) is 0 Å². The number of hydrogen-bond acceptors (Lipinski definition) is 2. The zero-order valence-electron chi connectivity index (χ0n) is 8.29. The molecule has 76 valence electrons. The first-order chi connectivity index (χ1) is 6.69. The van der Waals surface area contributed by atoms with E-state index in [0.717, 1.165) is 17.6 Å². The monoisotopic (exact) mass is 304 g/mol. The maximum absolute atomic E-state index is 10.6. The van der Waals surface area contributed by atoms with Gasteiger partial charge < -0.3 is 4.74 Å². The van der Waals surface area contributed by atoms with E-state index >= 15 is 0 Å². The Kier molecular flexibility index (Phi) is 4.38. The molecule has 0 bridgehead atoms. The second kappa shape index (κ2) is 5.34. The highest BCUT2D eigenvalue weighted by Crippen LogP contribution is 2.31. The van der Waals surface area contributed by atoms with Crippen LogP contribution in [0.25, 0.3) is 0 Å². The van der Waals surface area contributed by atoms with Gasteiger partial charge in [0, 0.05) is 15.1 Å². The van der Waals surface area contributed by atoms with Gasteiger partial charge in [-0.3, -0.25) is 4.79 Å². The smallest absolute Gasteiger partial charge is 0.150 e. The molecule has 0 radical (unpaired) electrons. The van der Waals surface area contributed by atoms with Crippen LogP contribution in [0.4, 0.5) is 0 Å². The molecule has 0 fully saturated rings. The van der Waals surface area contributed by atoms with Gasteiger partial charge in [0.1, 0.15) is 12.0 Å². The highest BCUT2D eigenvalue weighted by Gasteiger charge is 2.09. The fraction of sp³-hybridized carbons (Fsp3) is 0.364. The van der Waals surface area contributed by atoms with Crippen LogP contribution in [0.5, 0.6) is 5.75 Å². The number of rotatable bonds is 4. The van der Waals surface area contributed by atoms with Gasteiger partial charge in [0.15, 0.2) is 0 Å². The van der Waals surface area contributed by atoms with E-state index in [0.29, 0.717) is 16.1 Å². The minimum absolute atomic E-state index is 0.384. The Bertz CT molecular complexity index is 321. The summed E-state index contributed by atoms with van der Waals surface area (Å²) in [5.41, 5.74) is 1.80. The van der Waals surface area contributed by atoms with Crippen LogP contribution < -0.4 is 4.74 Å². The van der Waals surface area contributed by atoms with Crippen LogP contribution in [0, 0.1) is 0 Å². The molecule has 0 saturated carbocycles. The Balaban J connectivity index is 3.09. The number of ether oxygens (including phenoxy) is 1. The molecule has 1 unspecified atom stereocenters. The number of benzene rings is 1. The molecule has 0 aromatic heterocycles. The molecule has 1 rings (SSSR count). The predicted molar refractivity (Wildman–Crippen MR) is 65.4 cm³/mol. The van der Waals surface area contributed by atoms with Crippen LogP contribution in [0.1, 0.15) is 33.7 Å². The topological polar surface area (TPSA) is 26.3 Å². The largest absolute Gasteiger partial charge is 0.494 e. The SMILES string of the molecule is CCOc1cc(C=O)ccc1C(C)I. The van der Waals surface area contributed by atoms with E-state index in [1.165, 1.54) is 0 Å². The van der Waals surface area contributed by atoms with Crippen molar-refractivity contribution in [3.8, 4) is 5.75 Å². The first kappa shape index (κ1) is 11.5. The minimum atomic E-state index is 0.384. The van der Waals surface area contributed by atoms with Gasteiger partial charge in [-0.2, -0.15) is 0 Å². The molecule has 0 heterocycles. The number of alkyl halides is 1. The number of aldehydes is 1. The van der Waals surface area contributed by atoms with Crippen LogP contribution in [0.3, 0.4) is 0 Å². The molecule has 0 saturated heterocycles. The number of halogens is 1. The van der Waals surface area contributed by atoms with Crippen LogP contribution in [-0.2, 0) is 0 Å². The van der Waals surface area contributed by atoms with Crippen molar-refractivity contribution in [2.75, 3.05) is 6.61 Å². The van der Waals surface area contributed by atoms with Crippen LogP contribution in [-0.4, -0.2) is 12.9 Å². The van der Waals surface area contributed by atoms with Crippen LogP contribution in [0.2, 0.25) is 0 Å². The first-order valence-electron chi connectivity index (χ1n) is 4.55. The zero-order chi connectivity index (χ0) is 10.6. The van der Waals surface area contributed by atoms with E-state index in [-0.39, 0.29) is 0 Å². The lowest BCUT2D eigenvalue weighted by Crippen LogP contribution is -1.98. The van der Waals surface area contributed by atoms with Gasteiger partial charge >= 0.3 is 0 Å². The molecule has 0 aliphatic heterocycles. The summed E-state index contributed by atoms with van der Waals surface area (Å²) in [6.45, 7) is 4.66. The molecule has 0 spiro atoms. The maximum atomic E-state index is 10.6. The average Bonchev–Trinajstić information content (AvgIpc) is 2.17. The van der Waals surface area contributed by atoms with Gasteiger partial charge in [0.05, 0.1) is 6.61 Å². The molecule has 3 heteroatoms. The summed E-state index contributed by atoms with van der Waals surface area (Å²) in [7, 11) is 0. The second-order valence-electron chi connectivity index (χ2n) is 2.96. The lowest BCUT2D eigenvalue weighted by molar-refractivity contribution is 0.112.